The summed E-state index contributed by atoms with van der Waals surface area (Å²) in [5.41, 5.74) is 2.59. The van der Waals surface area contributed by atoms with Crippen molar-refractivity contribution in [2.45, 2.75) is 40.5 Å². The van der Waals surface area contributed by atoms with Crippen LogP contribution in [0.25, 0.3) is 0 Å². The molecule has 2 aromatic carbocycles. The van der Waals surface area contributed by atoms with Gasteiger partial charge in [0.15, 0.2) is 0 Å². The molecular weight excluding hydrogens is 350 g/mol. The molecule has 0 aliphatic rings. The second-order valence-corrected chi connectivity index (χ2v) is 7.68. The number of anilines is 1. The van der Waals surface area contributed by atoms with Gasteiger partial charge in [0, 0.05) is 11.1 Å². The zero-order chi connectivity index (χ0) is 20.6. The maximum absolute atomic E-state index is 12.7. The maximum Gasteiger partial charge on any atom is 0.230 e. The number of amides is 1. The predicted molar refractivity (Wildman–Crippen MR) is 115 cm³/mol. The Morgan fingerprint density at radius 3 is 2.50 bits per heavy atom. The van der Waals surface area contributed by atoms with Gasteiger partial charge in [-0.2, -0.15) is 0 Å². The SMILES string of the molecule is C=CCOc1ccc(NC(=O)C(C)(C)CCCOc2cc(C)ccc2C)cc1. The van der Waals surface area contributed by atoms with Crippen LogP contribution in [0, 0.1) is 19.3 Å². The molecule has 150 valence electrons. The molecule has 0 spiro atoms. The minimum atomic E-state index is -0.483. The van der Waals surface area contributed by atoms with Gasteiger partial charge in [0.05, 0.1) is 6.61 Å². The summed E-state index contributed by atoms with van der Waals surface area (Å²) >= 11 is 0. The summed E-state index contributed by atoms with van der Waals surface area (Å²) in [6, 6.07) is 13.6. The molecule has 0 fully saturated rings. The average Bonchev–Trinajstić information content (AvgIpc) is 2.67. The van der Waals surface area contributed by atoms with Crippen LogP contribution in [-0.2, 0) is 4.79 Å². The van der Waals surface area contributed by atoms with E-state index in [1.807, 2.05) is 45.0 Å². The van der Waals surface area contributed by atoms with Crippen LogP contribution in [0.3, 0.4) is 0 Å². The molecule has 0 atom stereocenters. The lowest BCUT2D eigenvalue weighted by Gasteiger charge is -2.23. The van der Waals surface area contributed by atoms with E-state index in [9.17, 15) is 4.79 Å². The van der Waals surface area contributed by atoms with Gasteiger partial charge in [0.1, 0.15) is 18.1 Å². The molecule has 0 aliphatic heterocycles. The second-order valence-electron chi connectivity index (χ2n) is 7.68. The molecule has 4 heteroatoms. The van der Waals surface area contributed by atoms with Crippen molar-refractivity contribution in [1.29, 1.82) is 0 Å². The van der Waals surface area contributed by atoms with E-state index in [-0.39, 0.29) is 5.91 Å². The van der Waals surface area contributed by atoms with Gasteiger partial charge < -0.3 is 14.8 Å². The third-order valence-electron chi connectivity index (χ3n) is 4.64. The molecule has 2 rings (SSSR count). The molecule has 0 unspecified atom stereocenters. The number of benzene rings is 2. The number of ether oxygens (including phenoxy) is 2. The van der Waals surface area contributed by atoms with Crippen LogP contribution < -0.4 is 14.8 Å². The Balaban J connectivity index is 1.81. The molecule has 0 bridgehead atoms. The van der Waals surface area contributed by atoms with Crippen molar-refractivity contribution >= 4 is 11.6 Å². The lowest BCUT2D eigenvalue weighted by atomic mass is 9.87. The van der Waals surface area contributed by atoms with Gasteiger partial charge in [0.2, 0.25) is 5.91 Å². The number of nitrogens with one attached hydrogen (secondary N) is 1. The largest absolute Gasteiger partial charge is 0.493 e. The second kappa shape index (κ2) is 9.98. The summed E-state index contributed by atoms with van der Waals surface area (Å²) < 4.78 is 11.4. The van der Waals surface area contributed by atoms with Crippen molar-refractivity contribution in [2.75, 3.05) is 18.5 Å². The Morgan fingerprint density at radius 1 is 1.11 bits per heavy atom. The molecular formula is C24H31NO3. The molecule has 2 aromatic rings. The lowest BCUT2D eigenvalue weighted by Crippen LogP contribution is -2.31. The van der Waals surface area contributed by atoms with Gasteiger partial charge in [0.25, 0.3) is 0 Å². The summed E-state index contributed by atoms with van der Waals surface area (Å²) in [4.78, 5) is 12.7. The fourth-order valence-electron chi connectivity index (χ4n) is 2.76. The van der Waals surface area contributed by atoms with E-state index in [0.717, 1.165) is 35.6 Å². The van der Waals surface area contributed by atoms with E-state index in [0.29, 0.717) is 13.2 Å². The number of carbonyl (C=O) groups is 1. The number of carbonyl (C=O) groups excluding carboxylic acids is 1. The van der Waals surface area contributed by atoms with E-state index in [4.69, 9.17) is 9.47 Å². The van der Waals surface area contributed by atoms with Gasteiger partial charge in [-0.05, 0) is 68.1 Å². The first kappa shape index (κ1) is 21.5. The van der Waals surface area contributed by atoms with E-state index >= 15 is 0 Å². The molecule has 1 N–H and O–H groups in total. The summed E-state index contributed by atoms with van der Waals surface area (Å²) in [7, 11) is 0. The van der Waals surface area contributed by atoms with Gasteiger partial charge in [-0.25, -0.2) is 0 Å². The third kappa shape index (κ3) is 6.45. The molecule has 0 saturated heterocycles. The van der Waals surface area contributed by atoms with E-state index in [1.165, 1.54) is 5.56 Å². The van der Waals surface area contributed by atoms with Crippen molar-refractivity contribution in [3.8, 4) is 11.5 Å². The Bertz CT molecular complexity index is 794. The molecule has 0 radical (unpaired) electrons. The van der Waals surface area contributed by atoms with Crippen LogP contribution in [0.4, 0.5) is 5.69 Å². The fraction of sp³-hybridized carbons (Fsp3) is 0.375. The van der Waals surface area contributed by atoms with Crippen molar-refractivity contribution in [2.24, 2.45) is 5.41 Å². The minimum absolute atomic E-state index is 0.000930. The standard InChI is InChI=1S/C24H31NO3/c1-6-15-27-21-12-10-20(11-13-21)25-23(26)24(4,5)14-7-16-28-22-17-18(2)8-9-19(22)3/h6,8-13,17H,1,7,14-16H2,2-5H3,(H,25,26). The summed E-state index contributed by atoms with van der Waals surface area (Å²) in [6.07, 6.45) is 3.24. The van der Waals surface area contributed by atoms with E-state index in [1.54, 1.807) is 6.08 Å². The lowest BCUT2D eigenvalue weighted by molar-refractivity contribution is -0.124. The van der Waals surface area contributed by atoms with Gasteiger partial charge >= 0.3 is 0 Å². The number of hydrogen-bond acceptors (Lipinski definition) is 3. The monoisotopic (exact) mass is 381 g/mol. The van der Waals surface area contributed by atoms with Crippen LogP contribution in [-0.4, -0.2) is 19.1 Å². The number of aryl methyl sites for hydroxylation is 2. The Morgan fingerprint density at radius 2 is 1.82 bits per heavy atom. The Hall–Kier alpha value is -2.75. The minimum Gasteiger partial charge on any atom is -0.493 e. The van der Waals surface area contributed by atoms with Gasteiger partial charge in [-0.3, -0.25) is 4.79 Å². The zero-order valence-electron chi connectivity index (χ0n) is 17.4. The molecule has 28 heavy (non-hydrogen) atoms. The highest BCUT2D eigenvalue weighted by atomic mass is 16.5. The summed E-state index contributed by atoms with van der Waals surface area (Å²) in [5.74, 6) is 1.67. The van der Waals surface area contributed by atoms with Crippen molar-refractivity contribution in [1.82, 2.24) is 0 Å². The highest BCUT2D eigenvalue weighted by Crippen LogP contribution is 2.26. The van der Waals surface area contributed by atoms with E-state index < -0.39 is 5.41 Å². The first-order valence-electron chi connectivity index (χ1n) is 9.67. The highest BCUT2D eigenvalue weighted by molar-refractivity contribution is 5.94. The first-order chi connectivity index (χ1) is 13.3. The van der Waals surface area contributed by atoms with Crippen molar-refractivity contribution < 1.29 is 14.3 Å². The molecule has 0 aliphatic carbocycles. The zero-order valence-corrected chi connectivity index (χ0v) is 17.4. The van der Waals surface area contributed by atoms with Crippen molar-refractivity contribution in [3.05, 3.63) is 66.2 Å². The van der Waals surface area contributed by atoms with Crippen LogP contribution in [0.15, 0.2) is 55.1 Å². The predicted octanol–water partition coefficient (Wildman–Crippen LogP) is 5.69. The third-order valence-corrected chi connectivity index (χ3v) is 4.64. The highest BCUT2D eigenvalue weighted by Gasteiger charge is 2.27. The van der Waals surface area contributed by atoms with Gasteiger partial charge in [-0.15, -0.1) is 0 Å². The van der Waals surface area contributed by atoms with Crippen LogP contribution >= 0.6 is 0 Å². The van der Waals surface area contributed by atoms with Gasteiger partial charge in [-0.1, -0.05) is 38.6 Å². The Kier molecular flexibility index (Phi) is 7.68. The molecule has 0 saturated carbocycles. The van der Waals surface area contributed by atoms with Crippen LogP contribution in [0.1, 0.15) is 37.8 Å². The van der Waals surface area contributed by atoms with Crippen molar-refractivity contribution in [3.63, 3.8) is 0 Å². The first-order valence-corrected chi connectivity index (χ1v) is 9.67. The maximum atomic E-state index is 12.7. The normalized spacial score (nSPS) is 11.0. The fourth-order valence-corrected chi connectivity index (χ4v) is 2.76. The average molecular weight is 382 g/mol. The quantitative estimate of drug-likeness (QED) is 0.425. The van der Waals surface area contributed by atoms with Crippen LogP contribution in [0.2, 0.25) is 0 Å². The summed E-state index contributed by atoms with van der Waals surface area (Å²) in [5, 5.41) is 2.99. The Labute approximate surface area is 168 Å². The molecule has 1 amide bonds. The molecule has 0 heterocycles. The smallest absolute Gasteiger partial charge is 0.230 e. The summed E-state index contributed by atoms with van der Waals surface area (Å²) in [6.45, 7) is 12.7. The molecule has 4 nitrogen and oxygen atoms in total. The number of hydrogen-bond donors (Lipinski definition) is 1. The van der Waals surface area contributed by atoms with E-state index in [2.05, 4.69) is 37.0 Å². The molecule has 0 aromatic heterocycles. The van der Waals surface area contributed by atoms with Crippen LogP contribution in [0.5, 0.6) is 11.5 Å². The topological polar surface area (TPSA) is 47.6 Å². The number of rotatable bonds is 10.